The van der Waals surface area contributed by atoms with Crippen LogP contribution in [0.15, 0.2) is 36.7 Å². The predicted molar refractivity (Wildman–Crippen MR) is 122 cm³/mol. The molecule has 0 aliphatic carbocycles. The van der Waals surface area contributed by atoms with Gasteiger partial charge in [0, 0.05) is 63.1 Å². The van der Waals surface area contributed by atoms with E-state index in [9.17, 15) is 9.59 Å². The van der Waals surface area contributed by atoms with Crippen LogP contribution in [-0.4, -0.2) is 71.4 Å². The van der Waals surface area contributed by atoms with E-state index in [4.69, 9.17) is 0 Å². The highest BCUT2D eigenvalue weighted by atomic mass is 16.2. The number of anilines is 1. The van der Waals surface area contributed by atoms with Crippen LogP contribution in [0, 0.1) is 24.7 Å². The van der Waals surface area contributed by atoms with Gasteiger partial charge in [0.05, 0.1) is 5.41 Å². The van der Waals surface area contributed by atoms with E-state index in [2.05, 4.69) is 20.9 Å². The lowest BCUT2D eigenvalue weighted by Gasteiger charge is -2.46. The fraction of sp³-hybridized carbons (Fsp3) is 0.520. The number of piperidine rings is 1. The Balaban J connectivity index is 1.41. The number of aromatic nitrogens is 2. The fourth-order valence-electron chi connectivity index (χ4n) is 6.29. The molecule has 0 unspecified atom stereocenters. The normalized spacial score (nSPS) is 24.7. The van der Waals surface area contributed by atoms with E-state index in [0.29, 0.717) is 25.6 Å². The van der Waals surface area contributed by atoms with Crippen LogP contribution in [0.1, 0.15) is 40.7 Å². The second kappa shape index (κ2) is 7.57. The molecule has 32 heavy (non-hydrogen) atoms. The number of hydrogen-bond acceptors (Lipinski definition) is 5. The molecule has 5 rings (SSSR count). The van der Waals surface area contributed by atoms with Crippen LogP contribution < -0.4 is 4.90 Å². The van der Waals surface area contributed by atoms with Crippen molar-refractivity contribution in [1.82, 2.24) is 19.8 Å². The summed E-state index contributed by atoms with van der Waals surface area (Å²) in [6, 6.07) is 7.85. The molecule has 1 aromatic carbocycles. The van der Waals surface area contributed by atoms with E-state index in [0.717, 1.165) is 49.0 Å². The van der Waals surface area contributed by atoms with Crippen LogP contribution in [0.5, 0.6) is 0 Å². The molecule has 168 valence electrons. The maximum atomic E-state index is 13.5. The molecular weight excluding hydrogens is 402 g/mol. The van der Waals surface area contributed by atoms with Crippen LogP contribution in [-0.2, 0) is 4.79 Å². The summed E-state index contributed by atoms with van der Waals surface area (Å²) < 4.78 is 0. The number of benzene rings is 1. The lowest BCUT2D eigenvalue weighted by molar-refractivity contribution is -0.140. The van der Waals surface area contributed by atoms with Gasteiger partial charge in [-0.05, 0) is 51.3 Å². The van der Waals surface area contributed by atoms with Crippen molar-refractivity contribution in [2.75, 3.05) is 44.7 Å². The molecule has 2 aromatic rings. The topological polar surface area (TPSA) is 69.6 Å². The van der Waals surface area contributed by atoms with Crippen molar-refractivity contribution in [2.24, 2.45) is 10.8 Å². The Morgan fingerprint density at radius 3 is 2.19 bits per heavy atom. The summed E-state index contributed by atoms with van der Waals surface area (Å²) in [4.78, 5) is 41.7. The first-order valence-electron chi connectivity index (χ1n) is 11.5. The number of amides is 2. The van der Waals surface area contributed by atoms with Crippen molar-refractivity contribution >= 4 is 17.8 Å². The highest BCUT2D eigenvalue weighted by Crippen LogP contribution is 2.58. The van der Waals surface area contributed by atoms with E-state index < -0.39 is 5.41 Å². The molecule has 2 amide bonds. The number of likely N-dealkylation sites (tertiary alicyclic amines) is 2. The molecule has 7 heteroatoms. The average Bonchev–Trinajstić information content (AvgIpc) is 3.26. The van der Waals surface area contributed by atoms with Crippen molar-refractivity contribution in [3.05, 3.63) is 53.3 Å². The van der Waals surface area contributed by atoms with Crippen molar-refractivity contribution in [1.29, 1.82) is 0 Å². The van der Waals surface area contributed by atoms with E-state index in [1.165, 1.54) is 0 Å². The van der Waals surface area contributed by atoms with Crippen molar-refractivity contribution in [3.63, 3.8) is 0 Å². The Morgan fingerprint density at radius 2 is 1.59 bits per heavy atom. The molecule has 2 spiro atoms. The van der Waals surface area contributed by atoms with Gasteiger partial charge in [0.2, 0.25) is 11.9 Å². The van der Waals surface area contributed by atoms with Gasteiger partial charge < -0.3 is 14.7 Å². The molecule has 3 fully saturated rings. The number of rotatable bonds is 2. The van der Waals surface area contributed by atoms with Gasteiger partial charge in [-0.25, -0.2) is 9.97 Å². The molecule has 3 aliphatic heterocycles. The Morgan fingerprint density at radius 1 is 0.938 bits per heavy atom. The molecule has 4 heterocycles. The molecular formula is C25H31N5O2. The van der Waals surface area contributed by atoms with Crippen LogP contribution in [0.4, 0.5) is 5.95 Å². The van der Waals surface area contributed by atoms with Gasteiger partial charge in [-0.2, -0.15) is 0 Å². The zero-order valence-corrected chi connectivity index (χ0v) is 19.2. The van der Waals surface area contributed by atoms with E-state index in [1.54, 1.807) is 12.4 Å². The first-order valence-corrected chi connectivity index (χ1v) is 11.5. The molecule has 3 saturated heterocycles. The zero-order valence-electron chi connectivity index (χ0n) is 19.2. The highest BCUT2D eigenvalue weighted by Gasteiger charge is 2.65. The lowest BCUT2D eigenvalue weighted by Crippen LogP contribution is -2.53. The van der Waals surface area contributed by atoms with Crippen LogP contribution >= 0.6 is 0 Å². The smallest absolute Gasteiger partial charge is 0.253 e. The third-order valence-corrected chi connectivity index (χ3v) is 7.91. The summed E-state index contributed by atoms with van der Waals surface area (Å²) in [5.41, 5.74) is 2.39. The van der Waals surface area contributed by atoms with Crippen LogP contribution in [0.2, 0.25) is 0 Å². The SMILES string of the molecule is Cc1cc(C)cc(C(=O)N2CCC3(CC2)CN(c2ncccn2)C[C@]32CCN(C)C2=O)c1. The van der Waals surface area contributed by atoms with Crippen molar-refractivity contribution in [2.45, 2.75) is 33.1 Å². The van der Waals surface area contributed by atoms with Gasteiger partial charge >= 0.3 is 0 Å². The van der Waals surface area contributed by atoms with Crippen molar-refractivity contribution in [3.8, 4) is 0 Å². The minimum atomic E-state index is -0.421. The largest absolute Gasteiger partial charge is 0.345 e. The quantitative estimate of drug-likeness (QED) is 0.728. The third-order valence-electron chi connectivity index (χ3n) is 7.91. The number of fused-ring (bicyclic) bond motifs is 1. The first-order chi connectivity index (χ1) is 15.3. The molecule has 0 bridgehead atoms. The Kier molecular flexibility index (Phi) is 4.95. The molecule has 1 aromatic heterocycles. The molecule has 0 saturated carbocycles. The summed E-state index contributed by atoms with van der Waals surface area (Å²) >= 11 is 0. The number of carbonyl (C=O) groups is 2. The Labute approximate surface area is 189 Å². The van der Waals surface area contributed by atoms with Gasteiger partial charge in [0.1, 0.15) is 0 Å². The molecule has 0 radical (unpaired) electrons. The third kappa shape index (κ3) is 3.17. The van der Waals surface area contributed by atoms with E-state index in [1.807, 2.05) is 48.9 Å². The lowest BCUT2D eigenvalue weighted by atomic mass is 9.60. The maximum Gasteiger partial charge on any atom is 0.253 e. The standard InChI is InChI=1S/C25H31N5O2/c1-18-13-19(2)15-20(14-18)21(31)29-11-5-24(6-12-29)16-30(23-26-8-4-9-27-23)17-25(24)7-10-28(3)22(25)32/h4,8-9,13-15H,5-7,10-12,16-17H2,1-3H3/t25-/m0/s1. The van der Waals surface area contributed by atoms with Gasteiger partial charge in [0.25, 0.3) is 5.91 Å². The average molecular weight is 434 g/mol. The Hall–Kier alpha value is -2.96. The second-order valence-electron chi connectivity index (χ2n) is 9.91. The van der Waals surface area contributed by atoms with Gasteiger partial charge in [0.15, 0.2) is 0 Å². The summed E-state index contributed by atoms with van der Waals surface area (Å²) in [6.45, 7) is 7.62. The monoisotopic (exact) mass is 433 g/mol. The summed E-state index contributed by atoms with van der Waals surface area (Å²) in [5, 5.41) is 0. The number of hydrogen-bond donors (Lipinski definition) is 0. The summed E-state index contributed by atoms with van der Waals surface area (Å²) in [5.74, 6) is 1.03. The van der Waals surface area contributed by atoms with Crippen molar-refractivity contribution < 1.29 is 9.59 Å². The predicted octanol–water partition coefficient (Wildman–Crippen LogP) is 2.68. The van der Waals surface area contributed by atoms with E-state index >= 15 is 0 Å². The zero-order chi connectivity index (χ0) is 22.5. The highest BCUT2D eigenvalue weighted by molar-refractivity contribution is 5.95. The van der Waals surface area contributed by atoms with Crippen LogP contribution in [0.3, 0.4) is 0 Å². The van der Waals surface area contributed by atoms with Crippen LogP contribution in [0.25, 0.3) is 0 Å². The minimum absolute atomic E-state index is 0.0943. The van der Waals surface area contributed by atoms with Gasteiger partial charge in [-0.1, -0.05) is 17.2 Å². The molecule has 7 nitrogen and oxygen atoms in total. The Bertz CT molecular complexity index is 1030. The number of carbonyl (C=O) groups excluding carboxylic acids is 2. The molecule has 3 aliphatic rings. The summed E-state index contributed by atoms with van der Waals surface area (Å²) in [6.07, 6.45) is 6.02. The number of nitrogens with zero attached hydrogens (tertiary/aromatic N) is 5. The second-order valence-corrected chi connectivity index (χ2v) is 9.91. The van der Waals surface area contributed by atoms with E-state index in [-0.39, 0.29) is 17.2 Å². The fourth-order valence-corrected chi connectivity index (χ4v) is 6.29. The summed E-state index contributed by atoms with van der Waals surface area (Å²) in [7, 11) is 1.91. The van der Waals surface area contributed by atoms with Gasteiger partial charge in [-0.3, -0.25) is 9.59 Å². The maximum absolute atomic E-state index is 13.5. The van der Waals surface area contributed by atoms with Gasteiger partial charge in [-0.15, -0.1) is 0 Å². The number of aryl methyl sites for hydroxylation is 2. The molecule has 1 atom stereocenters. The minimum Gasteiger partial charge on any atom is -0.345 e. The first kappa shape index (κ1) is 20.9. The molecule has 0 N–H and O–H groups in total.